The summed E-state index contributed by atoms with van der Waals surface area (Å²) in [5.41, 5.74) is 2.17. The molecule has 1 aromatic carbocycles. The minimum absolute atomic E-state index is 0.314. The van der Waals surface area contributed by atoms with Crippen LogP contribution in [0.5, 0.6) is 0 Å². The normalized spacial score (nSPS) is 12.7. The van der Waals surface area contributed by atoms with Gasteiger partial charge in [0.2, 0.25) is 0 Å². The van der Waals surface area contributed by atoms with Gasteiger partial charge in [0.15, 0.2) is 0 Å². The summed E-state index contributed by atoms with van der Waals surface area (Å²) in [5, 5.41) is 9.82. The van der Waals surface area contributed by atoms with Crippen molar-refractivity contribution >= 4 is 0 Å². The molecule has 16 heavy (non-hydrogen) atoms. The SMILES string of the molecule is CCc1ccc(C(O)COCCOC)cc1. The van der Waals surface area contributed by atoms with Crippen molar-refractivity contribution in [1.29, 1.82) is 0 Å². The minimum atomic E-state index is -0.553. The average molecular weight is 224 g/mol. The highest BCUT2D eigenvalue weighted by molar-refractivity contribution is 5.24. The molecule has 1 rings (SSSR count). The van der Waals surface area contributed by atoms with E-state index in [0.29, 0.717) is 19.8 Å². The van der Waals surface area contributed by atoms with Crippen LogP contribution in [0, 0.1) is 0 Å². The molecule has 1 atom stereocenters. The van der Waals surface area contributed by atoms with Crippen molar-refractivity contribution in [1.82, 2.24) is 0 Å². The van der Waals surface area contributed by atoms with Gasteiger partial charge < -0.3 is 14.6 Å². The molecule has 0 fully saturated rings. The van der Waals surface area contributed by atoms with Crippen molar-refractivity contribution in [3.63, 3.8) is 0 Å². The lowest BCUT2D eigenvalue weighted by Crippen LogP contribution is -2.10. The van der Waals surface area contributed by atoms with E-state index in [1.807, 2.05) is 24.3 Å². The first-order valence-electron chi connectivity index (χ1n) is 5.61. The van der Waals surface area contributed by atoms with E-state index in [9.17, 15) is 5.11 Å². The second kappa shape index (κ2) is 7.39. The van der Waals surface area contributed by atoms with E-state index in [4.69, 9.17) is 9.47 Å². The molecule has 1 N–H and O–H groups in total. The van der Waals surface area contributed by atoms with Gasteiger partial charge in [0.05, 0.1) is 19.8 Å². The van der Waals surface area contributed by atoms with Gasteiger partial charge in [-0.3, -0.25) is 0 Å². The fraction of sp³-hybridized carbons (Fsp3) is 0.538. The van der Waals surface area contributed by atoms with E-state index < -0.39 is 6.10 Å². The fourth-order valence-electron chi connectivity index (χ4n) is 1.41. The summed E-state index contributed by atoms with van der Waals surface area (Å²) in [6.07, 6.45) is 0.462. The molecule has 0 heterocycles. The first-order chi connectivity index (χ1) is 7.77. The summed E-state index contributed by atoms with van der Waals surface area (Å²) in [6.45, 7) is 3.50. The number of hydrogen-bond donors (Lipinski definition) is 1. The maximum atomic E-state index is 9.82. The quantitative estimate of drug-likeness (QED) is 0.719. The van der Waals surface area contributed by atoms with Crippen molar-refractivity contribution in [2.75, 3.05) is 26.9 Å². The van der Waals surface area contributed by atoms with Crippen LogP contribution in [-0.4, -0.2) is 32.0 Å². The second-order valence-electron chi connectivity index (χ2n) is 3.68. The van der Waals surface area contributed by atoms with Gasteiger partial charge in [0, 0.05) is 7.11 Å². The summed E-state index contributed by atoms with van der Waals surface area (Å²) in [4.78, 5) is 0. The number of aliphatic hydroxyl groups is 1. The summed E-state index contributed by atoms with van der Waals surface area (Å²) >= 11 is 0. The zero-order chi connectivity index (χ0) is 11.8. The third-order valence-corrected chi connectivity index (χ3v) is 2.48. The molecule has 0 saturated carbocycles. The number of aliphatic hydroxyl groups excluding tert-OH is 1. The van der Waals surface area contributed by atoms with Crippen LogP contribution in [0.25, 0.3) is 0 Å². The van der Waals surface area contributed by atoms with Crippen LogP contribution in [0.15, 0.2) is 24.3 Å². The van der Waals surface area contributed by atoms with Crippen LogP contribution >= 0.6 is 0 Å². The van der Waals surface area contributed by atoms with E-state index in [1.54, 1.807) is 7.11 Å². The Kier molecular flexibility index (Phi) is 6.08. The number of ether oxygens (including phenoxy) is 2. The van der Waals surface area contributed by atoms with Crippen LogP contribution in [0.4, 0.5) is 0 Å². The Balaban J connectivity index is 2.37. The Bertz CT molecular complexity index is 282. The molecule has 1 aromatic rings. The number of aryl methyl sites for hydroxylation is 1. The highest BCUT2D eigenvalue weighted by Crippen LogP contribution is 2.14. The van der Waals surface area contributed by atoms with Crippen LogP contribution in [0.1, 0.15) is 24.2 Å². The molecule has 1 unspecified atom stereocenters. The Hall–Kier alpha value is -0.900. The third-order valence-electron chi connectivity index (χ3n) is 2.48. The highest BCUT2D eigenvalue weighted by Gasteiger charge is 2.06. The van der Waals surface area contributed by atoms with Crippen LogP contribution in [0.2, 0.25) is 0 Å². The fourth-order valence-corrected chi connectivity index (χ4v) is 1.41. The molecule has 3 heteroatoms. The Morgan fingerprint density at radius 2 is 1.88 bits per heavy atom. The molecule has 0 aliphatic rings. The van der Waals surface area contributed by atoms with Gasteiger partial charge >= 0.3 is 0 Å². The smallest absolute Gasteiger partial charge is 0.102 e. The lowest BCUT2D eigenvalue weighted by molar-refractivity contribution is 0.0126. The molecule has 90 valence electrons. The Morgan fingerprint density at radius 3 is 2.44 bits per heavy atom. The molecule has 0 aromatic heterocycles. The van der Waals surface area contributed by atoms with Gasteiger partial charge in [-0.1, -0.05) is 31.2 Å². The van der Waals surface area contributed by atoms with Crippen molar-refractivity contribution in [2.45, 2.75) is 19.4 Å². The van der Waals surface area contributed by atoms with Crippen molar-refractivity contribution in [2.24, 2.45) is 0 Å². The molecule has 3 nitrogen and oxygen atoms in total. The van der Waals surface area contributed by atoms with Gasteiger partial charge in [-0.2, -0.15) is 0 Å². The first kappa shape index (κ1) is 13.2. The maximum Gasteiger partial charge on any atom is 0.102 e. The molecule has 0 radical (unpaired) electrons. The predicted molar refractivity (Wildman–Crippen MR) is 63.5 cm³/mol. The molecular formula is C13H20O3. The molecule has 0 aliphatic heterocycles. The van der Waals surface area contributed by atoms with E-state index >= 15 is 0 Å². The predicted octanol–water partition coefficient (Wildman–Crippen LogP) is 1.95. The first-order valence-corrected chi connectivity index (χ1v) is 5.61. The average Bonchev–Trinajstić information content (AvgIpc) is 2.34. The number of methoxy groups -OCH3 is 1. The lowest BCUT2D eigenvalue weighted by Gasteiger charge is -2.11. The van der Waals surface area contributed by atoms with Crippen molar-refractivity contribution < 1.29 is 14.6 Å². The number of hydrogen-bond acceptors (Lipinski definition) is 3. The maximum absolute atomic E-state index is 9.82. The highest BCUT2D eigenvalue weighted by atomic mass is 16.5. The van der Waals surface area contributed by atoms with Gasteiger partial charge in [-0.25, -0.2) is 0 Å². The van der Waals surface area contributed by atoms with E-state index in [2.05, 4.69) is 6.92 Å². The Labute approximate surface area is 97.0 Å². The van der Waals surface area contributed by atoms with E-state index in [-0.39, 0.29) is 0 Å². The number of rotatable bonds is 7. The molecule has 0 saturated heterocycles. The van der Waals surface area contributed by atoms with Crippen molar-refractivity contribution in [3.8, 4) is 0 Å². The summed E-state index contributed by atoms with van der Waals surface area (Å²) in [5.74, 6) is 0. The summed E-state index contributed by atoms with van der Waals surface area (Å²) in [6, 6.07) is 7.97. The van der Waals surface area contributed by atoms with Crippen molar-refractivity contribution in [3.05, 3.63) is 35.4 Å². The lowest BCUT2D eigenvalue weighted by atomic mass is 10.1. The minimum Gasteiger partial charge on any atom is -0.386 e. The van der Waals surface area contributed by atoms with E-state index in [0.717, 1.165) is 12.0 Å². The summed E-state index contributed by atoms with van der Waals surface area (Å²) < 4.78 is 10.1. The van der Waals surface area contributed by atoms with Gasteiger partial charge in [-0.15, -0.1) is 0 Å². The molecule has 0 aliphatic carbocycles. The Morgan fingerprint density at radius 1 is 1.19 bits per heavy atom. The molecule has 0 bridgehead atoms. The molecular weight excluding hydrogens is 204 g/mol. The van der Waals surface area contributed by atoms with Crippen LogP contribution < -0.4 is 0 Å². The zero-order valence-electron chi connectivity index (χ0n) is 9.98. The zero-order valence-corrected chi connectivity index (χ0v) is 9.98. The van der Waals surface area contributed by atoms with Crippen LogP contribution in [-0.2, 0) is 15.9 Å². The summed E-state index contributed by atoms with van der Waals surface area (Å²) in [7, 11) is 1.63. The topological polar surface area (TPSA) is 38.7 Å². The largest absolute Gasteiger partial charge is 0.386 e. The second-order valence-corrected chi connectivity index (χ2v) is 3.68. The third kappa shape index (κ3) is 4.31. The van der Waals surface area contributed by atoms with Gasteiger partial charge in [-0.05, 0) is 17.5 Å². The molecule has 0 spiro atoms. The van der Waals surface area contributed by atoms with Gasteiger partial charge in [0.1, 0.15) is 6.10 Å². The van der Waals surface area contributed by atoms with E-state index in [1.165, 1.54) is 5.56 Å². The van der Waals surface area contributed by atoms with Gasteiger partial charge in [0.25, 0.3) is 0 Å². The van der Waals surface area contributed by atoms with Crippen LogP contribution in [0.3, 0.4) is 0 Å². The monoisotopic (exact) mass is 224 g/mol. The standard InChI is InChI=1S/C13H20O3/c1-3-11-4-6-12(7-5-11)13(14)10-16-9-8-15-2/h4-7,13-14H,3,8-10H2,1-2H3. The number of benzene rings is 1. The molecule has 0 amide bonds.